The van der Waals surface area contributed by atoms with E-state index in [1.807, 2.05) is 37.3 Å². The van der Waals surface area contributed by atoms with Gasteiger partial charge in [0.2, 0.25) is 0 Å². The average molecular weight is 268 g/mol. The van der Waals surface area contributed by atoms with E-state index in [9.17, 15) is 4.79 Å². The van der Waals surface area contributed by atoms with Crippen LogP contribution >= 0.6 is 11.8 Å². The molecule has 18 heavy (non-hydrogen) atoms. The third-order valence-electron chi connectivity index (χ3n) is 2.44. The third-order valence-corrected chi connectivity index (χ3v) is 3.75. The predicted octanol–water partition coefficient (Wildman–Crippen LogP) is 2.48. The molecule has 0 bridgehead atoms. The number of ether oxygens (including phenoxy) is 1. The molecule has 0 spiro atoms. The Bertz CT molecular complexity index is 340. The number of carbonyl (C=O) groups is 1. The van der Waals surface area contributed by atoms with Gasteiger partial charge < -0.3 is 9.84 Å². The standard InChI is InChI=1S/C14H20O3S/c1-12(11-18-9-5-8-15)14(16)17-10-13-6-3-2-4-7-13/h2-4,6-7,12,15H,5,8-11H2,1H3. The number of esters is 1. The minimum absolute atomic E-state index is 0.0996. The molecular weight excluding hydrogens is 248 g/mol. The van der Waals surface area contributed by atoms with E-state index in [1.165, 1.54) is 0 Å². The average Bonchev–Trinajstić information content (AvgIpc) is 2.42. The maximum absolute atomic E-state index is 11.7. The first kappa shape index (κ1) is 15.1. The number of thioether (sulfide) groups is 1. The summed E-state index contributed by atoms with van der Waals surface area (Å²) in [7, 11) is 0. The van der Waals surface area contributed by atoms with Crippen molar-refractivity contribution in [3.05, 3.63) is 35.9 Å². The van der Waals surface area contributed by atoms with Gasteiger partial charge in [0, 0.05) is 12.4 Å². The molecule has 100 valence electrons. The van der Waals surface area contributed by atoms with Crippen LogP contribution in [0.4, 0.5) is 0 Å². The highest BCUT2D eigenvalue weighted by Gasteiger charge is 2.14. The molecule has 0 aliphatic carbocycles. The molecule has 0 fully saturated rings. The summed E-state index contributed by atoms with van der Waals surface area (Å²) in [5.41, 5.74) is 1.01. The zero-order valence-electron chi connectivity index (χ0n) is 10.7. The molecule has 0 heterocycles. The second-order valence-corrected chi connectivity index (χ2v) is 5.30. The van der Waals surface area contributed by atoms with Gasteiger partial charge in [-0.15, -0.1) is 0 Å². The summed E-state index contributed by atoms with van der Waals surface area (Å²) in [5, 5.41) is 8.65. The molecular formula is C14H20O3S. The second kappa shape index (κ2) is 9.00. The van der Waals surface area contributed by atoms with E-state index in [4.69, 9.17) is 9.84 Å². The van der Waals surface area contributed by atoms with Gasteiger partial charge in [-0.1, -0.05) is 37.3 Å². The Hall–Kier alpha value is -1.00. The summed E-state index contributed by atoms with van der Waals surface area (Å²) in [6, 6.07) is 9.67. The van der Waals surface area contributed by atoms with Crippen molar-refractivity contribution in [2.24, 2.45) is 5.92 Å². The maximum atomic E-state index is 11.7. The summed E-state index contributed by atoms with van der Waals surface area (Å²) in [6.07, 6.45) is 0.774. The van der Waals surface area contributed by atoms with E-state index < -0.39 is 0 Å². The van der Waals surface area contributed by atoms with Crippen molar-refractivity contribution in [1.82, 2.24) is 0 Å². The van der Waals surface area contributed by atoms with E-state index >= 15 is 0 Å². The van der Waals surface area contributed by atoms with E-state index in [-0.39, 0.29) is 18.5 Å². The molecule has 0 amide bonds. The molecule has 4 heteroatoms. The van der Waals surface area contributed by atoms with Gasteiger partial charge >= 0.3 is 5.97 Å². The summed E-state index contributed by atoms with van der Waals surface area (Å²) >= 11 is 1.68. The minimum Gasteiger partial charge on any atom is -0.461 e. The van der Waals surface area contributed by atoms with Crippen molar-refractivity contribution < 1.29 is 14.6 Å². The van der Waals surface area contributed by atoms with Gasteiger partial charge in [0.1, 0.15) is 6.61 Å². The van der Waals surface area contributed by atoms with Crippen LogP contribution in [0.1, 0.15) is 18.9 Å². The van der Waals surface area contributed by atoms with Crippen molar-refractivity contribution >= 4 is 17.7 Å². The van der Waals surface area contributed by atoms with Crippen LogP contribution in [0, 0.1) is 5.92 Å². The molecule has 1 aromatic rings. The van der Waals surface area contributed by atoms with E-state index in [2.05, 4.69) is 0 Å². The first-order chi connectivity index (χ1) is 8.74. The number of aliphatic hydroxyl groups excluding tert-OH is 1. The Morgan fingerprint density at radius 3 is 2.78 bits per heavy atom. The quantitative estimate of drug-likeness (QED) is 0.581. The largest absolute Gasteiger partial charge is 0.461 e. The van der Waals surface area contributed by atoms with Gasteiger partial charge in [-0.2, -0.15) is 11.8 Å². The van der Waals surface area contributed by atoms with Gasteiger partial charge in [0.05, 0.1) is 5.92 Å². The molecule has 1 N–H and O–H groups in total. The van der Waals surface area contributed by atoms with Crippen LogP contribution in [0.5, 0.6) is 0 Å². The molecule has 0 saturated heterocycles. The lowest BCUT2D eigenvalue weighted by Crippen LogP contribution is -2.17. The van der Waals surface area contributed by atoms with Gasteiger partial charge in [0.15, 0.2) is 0 Å². The number of aliphatic hydroxyl groups is 1. The van der Waals surface area contributed by atoms with Crippen molar-refractivity contribution in [3.63, 3.8) is 0 Å². The van der Waals surface area contributed by atoms with Crippen molar-refractivity contribution in [1.29, 1.82) is 0 Å². The highest BCUT2D eigenvalue weighted by Crippen LogP contribution is 2.12. The van der Waals surface area contributed by atoms with Crippen molar-refractivity contribution in [2.45, 2.75) is 20.0 Å². The van der Waals surface area contributed by atoms with Crippen LogP contribution < -0.4 is 0 Å². The normalized spacial score (nSPS) is 12.1. The smallest absolute Gasteiger partial charge is 0.309 e. The molecule has 0 aromatic heterocycles. The number of carbonyl (C=O) groups excluding carboxylic acids is 1. The van der Waals surface area contributed by atoms with Crippen molar-refractivity contribution in [3.8, 4) is 0 Å². The summed E-state index contributed by atoms with van der Waals surface area (Å²) in [6.45, 7) is 2.42. The molecule has 1 atom stereocenters. The highest BCUT2D eigenvalue weighted by molar-refractivity contribution is 7.99. The lowest BCUT2D eigenvalue weighted by molar-refractivity contribution is -0.148. The van der Waals surface area contributed by atoms with E-state index in [1.54, 1.807) is 11.8 Å². The monoisotopic (exact) mass is 268 g/mol. The molecule has 3 nitrogen and oxygen atoms in total. The molecule has 0 aliphatic rings. The Morgan fingerprint density at radius 1 is 1.39 bits per heavy atom. The van der Waals surface area contributed by atoms with Crippen molar-refractivity contribution in [2.75, 3.05) is 18.1 Å². The lowest BCUT2D eigenvalue weighted by Gasteiger charge is -2.11. The zero-order chi connectivity index (χ0) is 13.2. The van der Waals surface area contributed by atoms with Crippen LogP contribution in [0.25, 0.3) is 0 Å². The topological polar surface area (TPSA) is 46.5 Å². The summed E-state index contributed by atoms with van der Waals surface area (Å²) in [5.74, 6) is 1.37. The van der Waals surface area contributed by atoms with Crippen LogP contribution in [-0.4, -0.2) is 29.2 Å². The fourth-order valence-corrected chi connectivity index (χ4v) is 2.36. The van der Waals surface area contributed by atoms with E-state index in [0.29, 0.717) is 6.61 Å². The van der Waals surface area contributed by atoms with Crippen LogP contribution in [0.3, 0.4) is 0 Å². The Balaban J connectivity index is 2.19. The molecule has 1 unspecified atom stereocenters. The zero-order valence-corrected chi connectivity index (χ0v) is 11.5. The number of benzene rings is 1. The van der Waals surface area contributed by atoms with Gasteiger partial charge in [-0.05, 0) is 17.7 Å². The fourth-order valence-electron chi connectivity index (χ4n) is 1.37. The minimum atomic E-state index is -0.157. The fraction of sp³-hybridized carbons (Fsp3) is 0.500. The highest BCUT2D eigenvalue weighted by atomic mass is 32.2. The Kier molecular flexibility index (Phi) is 7.53. The Labute approximate surface area is 113 Å². The first-order valence-corrected chi connectivity index (χ1v) is 7.28. The molecule has 1 aromatic carbocycles. The molecule has 1 rings (SSSR count). The lowest BCUT2D eigenvalue weighted by atomic mass is 10.2. The summed E-state index contributed by atoms with van der Waals surface area (Å²) < 4.78 is 5.25. The number of hydrogen-bond acceptors (Lipinski definition) is 4. The predicted molar refractivity (Wildman–Crippen MR) is 74.4 cm³/mol. The maximum Gasteiger partial charge on any atom is 0.309 e. The van der Waals surface area contributed by atoms with Crippen LogP contribution in [0.2, 0.25) is 0 Å². The van der Waals surface area contributed by atoms with E-state index in [0.717, 1.165) is 23.5 Å². The first-order valence-electron chi connectivity index (χ1n) is 6.13. The van der Waals surface area contributed by atoms with Gasteiger partial charge in [0.25, 0.3) is 0 Å². The second-order valence-electron chi connectivity index (χ2n) is 4.15. The summed E-state index contributed by atoms with van der Waals surface area (Å²) in [4.78, 5) is 11.7. The molecule has 0 saturated carbocycles. The van der Waals surface area contributed by atoms with Gasteiger partial charge in [-0.25, -0.2) is 0 Å². The third kappa shape index (κ3) is 6.07. The molecule has 0 radical (unpaired) electrons. The van der Waals surface area contributed by atoms with Gasteiger partial charge in [-0.3, -0.25) is 4.79 Å². The van der Waals surface area contributed by atoms with Crippen LogP contribution in [-0.2, 0) is 16.1 Å². The van der Waals surface area contributed by atoms with Crippen LogP contribution in [0.15, 0.2) is 30.3 Å². The Morgan fingerprint density at radius 2 is 2.11 bits per heavy atom. The SMILES string of the molecule is CC(CSCCCO)C(=O)OCc1ccccc1. The number of hydrogen-bond donors (Lipinski definition) is 1. The number of rotatable bonds is 8. The molecule has 0 aliphatic heterocycles.